The first-order valence-electron chi connectivity index (χ1n) is 9.99. The molecule has 1 N–H and O–H groups in total. The number of hydrogen-bond acceptors (Lipinski definition) is 6. The third kappa shape index (κ3) is 4.38. The van der Waals surface area contributed by atoms with Gasteiger partial charge in [-0.3, -0.25) is 19.8 Å². The molecule has 1 aromatic carbocycles. The summed E-state index contributed by atoms with van der Waals surface area (Å²) < 4.78 is 5.35. The number of nitrogens with one attached hydrogen (secondary N) is 1. The van der Waals surface area contributed by atoms with E-state index >= 15 is 0 Å². The maximum absolute atomic E-state index is 12.9. The number of nitro groups is 1. The normalized spacial score (nSPS) is 20.8. The van der Waals surface area contributed by atoms with Crippen molar-refractivity contribution >= 4 is 17.3 Å². The minimum Gasteiger partial charge on any atom is -0.496 e. The molecular formula is C20H30N4O4. The lowest BCUT2D eigenvalue weighted by Gasteiger charge is -2.31. The van der Waals surface area contributed by atoms with E-state index in [1.54, 1.807) is 25.1 Å². The first-order valence-corrected chi connectivity index (χ1v) is 9.99. The van der Waals surface area contributed by atoms with Gasteiger partial charge >= 0.3 is 0 Å². The summed E-state index contributed by atoms with van der Waals surface area (Å²) in [5.74, 6) is 0.0229. The Morgan fingerprint density at radius 3 is 2.57 bits per heavy atom. The van der Waals surface area contributed by atoms with Gasteiger partial charge < -0.3 is 15.0 Å². The van der Waals surface area contributed by atoms with Crippen LogP contribution in [0.3, 0.4) is 0 Å². The molecule has 1 unspecified atom stereocenters. The highest BCUT2D eigenvalue weighted by Gasteiger charge is 2.31. The molecule has 1 atom stereocenters. The molecule has 1 heterocycles. The molecule has 8 nitrogen and oxygen atoms in total. The fourth-order valence-electron chi connectivity index (χ4n) is 4.35. The van der Waals surface area contributed by atoms with E-state index < -0.39 is 4.92 Å². The number of anilines is 1. The zero-order valence-electron chi connectivity index (χ0n) is 16.9. The number of likely N-dealkylation sites (tertiary alicyclic amines) is 1. The quantitative estimate of drug-likeness (QED) is 0.594. The van der Waals surface area contributed by atoms with Crippen LogP contribution in [0.25, 0.3) is 0 Å². The van der Waals surface area contributed by atoms with Crippen LogP contribution in [0.2, 0.25) is 0 Å². The van der Waals surface area contributed by atoms with Crippen molar-refractivity contribution in [2.75, 3.05) is 39.2 Å². The van der Waals surface area contributed by atoms with E-state index in [2.05, 4.69) is 10.2 Å². The lowest BCUT2D eigenvalue weighted by molar-refractivity contribution is -0.384. The van der Waals surface area contributed by atoms with Crippen molar-refractivity contribution in [2.45, 2.75) is 50.6 Å². The van der Waals surface area contributed by atoms with E-state index in [-0.39, 0.29) is 23.2 Å². The summed E-state index contributed by atoms with van der Waals surface area (Å²) in [5.41, 5.74) is 0.505. The van der Waals surface area contributed by atoms with Gasteiger partial charge in [0.2, 0.25) is 0 Å². The predicted molar refractivity (Wildman–Crippen MR) is 108 cm³/mol. The summed E-state index contributed by atoms with van der Waals surface area (Å²) in [4.78, 5) is 28.0. The maximum atomic E-state index is 12.9. The number of carbonyl (C=O) groups is 1. The predicted octanol–water partition coefficient (Wildman–Crippen LogP) is 2.81. The highest BCUT2D eigenvalue weighted by Crippen LogP contribution is 2.34. The van der Waals surface area contributed by atoms with Gasteiger partial charge in [-0.25, -0.2) is 0 Å². The number of methoxy groups -OCH3 is 1. The van der Waals surface area contributed by atoms with Crippen molar-refractivity contribution in [2.24, 2.45) is 0 Å². The minimum absolute atomic E-state index is 0.0618. The van der Waals surface area contributed by atoms with Gasteiger partial charge in [0.15, 0.2) is 0 Å². The molecule has 0 radical (unpaired) electrons. The van der Waals surface area contributed by atoms with Gasteiger partial charge in [0.25, 0.3) is 11.6 Å². The van der Waals surface area contributed by atoms with Crippen LogP contribution >= 0.6 is 0 Å². The number of ether oxygens (including phenoxy) is 1. The first-order chi connectivity index (χ1) is 13.4. The van der Waals surface area contributed by atoms with Crippen LogP contribution < -0.4 is 15.0 Å². The molecule has 3 rings (SSSR count). The Labute approximate surface area is 166 Å². The van der Waals surface area contributed by atoms with Crippen molar-refractivity contribution < 1.29 is 14.5 Å². The Morgan fingerprint density at radius 2 is 1.96 bits per heavy atom. The zero-order chi connectivity index (χ0) is 20.3. The van der Waals surface area contributed by atoms with Gasteiger partial charge in [-0.15, -0.1) is 0 Å². The molecule has 1 saturated heterocycles. The fourth-order valence-corrected chi connectivity index (χ4v) is 4.35. The Hall–Kier alpha value is -2.35. The van der Waals surface area contributed by atoms with E-state index in [1.165, 1.54) is 45.3 Å². The highest BCUT2D eigenvalue weighted by molar-refractivity contribution is 5.99. The van der Waals surface area contributed by atoms with Gasteiger partial charge in [-0.2, -0.15) is 0 Å². The lowest BCUT2D eigenvalue weighted by Crippen LogP contribution is -2.40. The number of benzene rings is 1. The highest BCUT2D eigenvalue weighted by atomic mass is 16.6. The third-order valence-corrected chi connectivity index (χ3v) is 5.87. The van der Waals surface area contributed by atoms with Crippen molar-refractivity contribution in [1.29, 1.82) is 0 Å². The second kappa shape index (κ2) is 8.77. The second-order valence-electron chi connectivity index (χ2n) is 7.94. The summed E-state index contributed by atoms with van der Waals surface area (Å²) in [5, 5.41) is 14.5. The molecule has 8 heteroatoms. The Kier molecular flexibility index (Phi) is 6.39. The summed E-state index contributed by atoms with van der Waals surface area (Å²) in [7, 11) is 4.91. The molecule has 2 aliphatic rings. The Bertz CT molecular complexity index is 731. The third-order valence-electron chi connectivity index (χ3n) is 5.87. The molecule has 0 spiro atoms. The summed E-state index contributed by atoms with van der Waals surface area (Å²) in [6.07, 6.45) is 7.29. The van der Waals surface area contributed by atoms with Crippen molar-refractivity contribution in [3.8, 4) is 5.75 Å². The fraction of sp³-hybridized carbons (Fsp3) is 0.650. The zero-order valence-corrected chi connectivity index (χ0v) is 16.9. The van der Waals surface area contributed by atoms with Gasteiger partial charge in [-0.1, -0.05) is 19.3 Å². The molecule has 1 aromatic rings. The molecule has 1 amide bonds. The van der Waals surface area contributed by atoms with Crippen molar-refractivity contribution in [1.82, 2.24) is 10.2 Å². The number of hydrogen-bond donors (Lipinski definition) is 1. The first kappa shape index (κ1) is 20.4. The van der Waals surface area contributed by atoms with Gasteiger partial charge in [0, 0.05) is 51.4 Å². The van der Waals surface area contributed by atoms with E-state index in [0.29, 0.717) is 17.5 Å². The van der Waals surface area contributed by atoms with Gasteiger partial charge in [0.1, 0.15) is 11.4 Å². The van der Waals surface area contributed by atoms with Crippen LogP contribution in [-0.4, -0.2) is 62.1 Å². The SMILES string of the molecule is COc1cc(N(C)C)c([N+](=O)[O-])cc1C(=O)NC1CCN(C2CCCCC2)C1. The molecule has 154 valence electrons. The lowest BCUT2D eigenvalue weighted by atomic mass is 9.94. The van der Waals surface area contributed by atoms with Crippen molar-refractivity contribution in [3.05, 3.63) is 27.8 Å². The number of rotatable bonds is 6. The molecule has 2 fully saturated rings. The van der Waals surface area contributed by atoms with E-state index in [9.17, 15) is 14.9 Å². The van der Waals surface area contributed by atoms with Crippen LogP contribution in [0.5, 0.6) is 5.75 Å². The molecule has 1 aliphatic carbocycles. The number of carbonyl (C=O) groups excluding carboxylic acids is 1. The smallest absolute Gasteiger partial charge is 0.293 e. The molecule has 0 bridgehead atoms. The molecule has 1 aliphatic heterocycles. The van der Waals surface area contributed by atoms with Crippen LogP contribution in [0.1, 0.15) is 48.9 Å². The van der Waals surface area contributed by atoms with Crippen LogP contribution in [0.15, 0.2) is 12.1 Å². The average Bonchev–Trinajstić information content (AvgIpc) is 3.15. The summed E-state index contributed by atoms with van der Waals surface area (Å²) in [6, 6.07) is 3.56. The average molecular weight is 390 g/mol. The number of amides is 1. The van der Waals surface area contributed by atoms with E-state index in [0.717, 1.165) is 19.5 Å². The van der Waals surface area contributed by atoms with E-state index in [1.807, 2.05) is 0 Å². The van der Waals surface area contributed by atoms with Gasteiger partial charge in [-0.05, 0) is 19.3 Å². The van der Waals surface area contributed by atoms with Crippen LogP contribution in [0.4, 0.5) is 11.4 Å². The second-order valence-corrected chi connectivity index (χ2v) is 7.94. The standard InChI is InChI=1S/C20H30N4O4/c1-22(2)17-12-19(28-3)16(11-18(17)24(26)27)20(25)21-14-9-10-23(13-14)15-7-5-4-6-8-15/h11-12,14-15H,4-10,13H2,1-3H3,(H,21,25). The summed E-state index contributed by atoms with van der Waals surface area (Å²) >= 11 is 0. The topological polar surface area (TPSA) is 88.0 Å². The largest absolute Gasteiger partial charge is 0.496 e. The number of nitro benzene ring substituents is 1. The maximum Gasteiger partial charge on any atom is 0.293 e. The van der Waals surface area contributed by atoms with Gasteiger partial charge in [0.05, 0.1) is 17.6 Å². The molecular weight excluding hydrogens is 360 g/mol. The molecule has 0 aromatic heterocycles. The van der Waals surface area contributed by atoms with Crippen LogP contribution in [0, 0.1) is 10.1 Å². The van der Waals surface area contributed by atoms with E-state index in [4.69, 9.17) is 4.74 Å². The van der Waals surface area contributed by atoms with Crippen molar-refractivity contribution in [3.63, 3.8) is 0 Å². The monoisotopic (exact) mass is 390 g/mol. The molecule has 1 saturated carbocycles. The minimum atomic E-state index is -0.466. The molecule has 28 heavy (non-hydrogen) atoms. The Balaban J connectivity index is 1.73. The summed E-state index contributed by atoms with van der Waals surface area (Å²) in [6.45, 7) is 1.84. The number of nitrogens with zero attached hydrogens (tertiary/aromatic N) is 3. The Morgan fingerprint density at radius 1 is 1.25 bits per heavy atom. The van der Waals surface area contributed by atoms with Crippen LogP contribution in [-0.2, 0) is 0 Å².